The van der Waals surface area contributed by atoms with Crippen LogP contribution in [-0.4, -0.2) is 26.3 Å². The summed E-state index contributed by atoms with van der Waals surface area (Å²) in [5.74, 6) is 1.93. The van der Waals surface area contributed by atoms with E-state index in [1.54, 1.807) is 16.3 Å². The highest BCUT2D eigenvalue weighted by atomic mass is 32.2. The fraction of sp³-hybridized carbons (Fsp3) is 0.800. The Kier molecular flexibility index (Phi) is 3.39. The maximum Gasteiger partial charge on any atom is 0.344 e. The van der Waals surface area contributed by atoms with Gasteiger partial charge in [0.1, 0.15) is 0 Å². The lowest BCUT2D eigenvalue weighted by molar-refractivity contribution is 0.533. The quantitative estimate of drug-likeness (QED) is 0.628. The molecule has 1 fully saturated rings. The molecule has 90 valence electrons. The van der Waals surface area contributed by atoms with E-state index in [1.807, 2.05) is 13.8 Å². The molecule has 6 heteroatoms. The Morgan fingerprint density at radius 3 is 2.81 bits per heavy atom. The van der Waals surface area contributed by atoms with Crippen LogP contribution in [0, 0.1) is 5.41 Å². The predicted octanol–water partition coefficient (Wildman–Crippen LogP) is 1.95. The second-order valence-electron chi connectivity index (χ2n) is 4.72. The highest BCUT2D eigenvalue weighted by Gasteiger charge is 2.41. The lowest BCUT2D eigenvalue weighted by Crippen LogP contribution is -2.19. The zero-order chi connectivity index (χ0) is 11.8. The van der Waals surface area contributed by atoms with E-state index < -0.39 is 0 Å². The van der Waals surface area contributed by atoms with Crippen LogP contribution >= 0.6 is 24.4 Å². The van der Waals surface area contributed by atoms with Crippen LogP contribution in [0.3, 0.4) is 0 Å². The van der Waals surface area contributed by atoms with Crippen LogP contribution < -0.4 is 5.69 Å². The third kappa shape index (κ3) is 2.32. The van der Waals surface area contributed by atoms with Gasteiger partial charge in [0.2, 0.25) is 0 Å². The van der Waals surface area contributed by atoms with Gasteiger partial charge >= 0.3 is 5.69 Å². The Balaban J connectivity index is 2.07. The lowest BCUT2D eigenvalue weighted by Gasteiger charge is -2.12. The van der Waals surface area contributed by atoms with Crippen molar-refractivity contribution in [2.75, 3.05) is 11.5 Å². The van der Waals surface area contributed by atoms with E-state index in [-0.39, 0.29) is 11.7 Å². The number of thiol groups is 1. The largest absolute Gasteiger partial charge is 0.344 e. The Morgan fingerprint density at radius 1 is 1.62 bits per heavy atom. The molecule has 1 aromatic rings. The Morgan fingerprint density at radius 2 is 2.31 bits per heavy atom. The van der Waals surface area contributed by atoms with Gasteiger partial charge in [-0.05, 0) is 37.9 Å². The molecule has 0 bridgehead atoms. The summed E-state index contributed by atoms with van der Waals surface area (Å²) >= 11 is 6.03. The number of nitrogens with one attached hydrogen (secondary N) is 1. The molecule has 0 saturated heterocycles. The third-order valence-electron chi connectivity index (χ3n) is 2.99. The van der Waals surface area contributed by atoms with Crippen LogP contribution in [0.25, 0.3) is 0 Å². The first kappa shape index (κ1) is 12.1. The highest BCUT2D eigenvalue weighted by Crippen LogP contribution is 2.49. The number of aromatic amines is 1. The molecule has 0 unspecified atom stereocenters. The maximum atomic E-state index is 11.5. The molecule has 1 aliphatic rings. The molecule has 1 aromatic heterocycles. The van der Waals surface area contributed by atoms with E-state index in [4.69, 9.17) is 0 Å². The van der Waals surface area contributed by atoms with Crippen LogP contribution in [0.2, 0.25) is 0 Å². The SMILES string of the molecule is CC(C)n1c(SCC2(CS)CC2)n[nH]c1=O. The molecule has 0 radical (unpaired) electrons. The van der Waals surface area contributed by atoms with Gasteiger partial charge in [-0.3, -0.25) is 4.57 Å². The summed E-state index contributed by atoms with van der Waals surface area (Å²) < 4.78 is 1.71. The molecular weight excluding hydrogens is 242 g/mol. The van der Waals surface area contributed by atoms with Gasteiger partial charge < -0.3 is 0 Å². The fourth-order valence-electron chi connectivity index (χ4n) is 1.59. The molecule has 0 aromatic carbocycles. The summed E-state index contributed by atoms with van der Waals surface area (Å²) in [4.78, 5) is 11.5. The molecule has 1 N–H and O–H groups in total. The average molecular weight is 259 g/mol. The number of aromatic nitrogens is 3. The third-order valence-corrected chi connectivity index (χ3v) is 4.96. The summed E-state index contributed by atoms with van der Waals surface area (Å²) in [6, 6.07) is 0.153. The van der Waals surface area contributed by atoms with Crippen molar-refractivity contribution in [3.63, 3.8) is 0 Å². The van der Waals surface area contributed by atoms with Gasteiger partial charge in [0.15, 0.2) is 5.16 Å². The second-order valence-corrected chi connectivity index (χ2v) is 5.98. The van der Waals surface area contributed by atoms with E-state index in [9.17, 15) is 4.79 Å². The molecule has 0 aliphatic heterocycles. The monoisotopic (exact) mass is 259 g/mol. The molecule has 0 amide bonds. The Hall–Kier alpha value is -0.360. The lowest BCUT2D eigenvalue weighted by atomic mass is 10.2. The van der Waals surface area contributed by atoms with Crippen molar-refractivity contribution in [2.24, 2.45) is 5.41 Å². The van der Waals surface area contributed by atoms with E-state index >= 15 is 0 Å². The minimum Gasteiger partial charge on any atom is -0.268 e. The van der Waals surface area contributed by atoms with Gasteiger partial charge in [-0.15, -0.1) is 5.10 Å². The number of rotatable bonds is 5. The van der Waals surface area contributed by atoms with Crippen molar-refractivity contribution in [1.82, 2.24) is 14.8 Å². The zero-order valence-electron chi connectivity index (χ0n) is 9.56. The molecule has 1 heterocycles. The minimum atomic E-state index is -0.117. The van der Waals surface area contributed by atoms with Gasteiger partial charge in [0, 0.05) is 11.8 Å². The summed E-state index contributed by atoms with van der Waals surface area (Å²) in [6.07, 6.45) is 2.50. The van der Waals surface area contributed by atoms with Crippen molar-refractivity contribution in [1.29, 1.82) is 0 Å². The van der Waals surface area contributed by atoms with Crippen molar-refractivity contribution in [3.05, 3.63) is 10.5 Å². The number of hydrogen-bond donors (Lipinski definition) is 2. The first-order valence-electron chi connectivity index (χ1n) is 5.48. The molecule has 4 nitrogen and oxygen atoms in total. The van der Waals surface area contributed by atoms with Gasteiger partial charge in [-0.25, -0.2) is 9.89 Å². The molecule has 16 heavy (non-hydrogen) atoms. The minimum absolute atomic E-state index is 0.117. The number of hydrogen-bond acceptors (Lipinski definition) is 4. The molecule has 0 spiro atoms. The molecule has 2 rings (SSSR count). The van der Waals surface area contributed by atoms with Gasteiger partial charge in [0.05, 0.1) is 0 Å². The first-order chi connectivity index (χ1) is 7.58. The average Bonchev–Trinajstić information content (AvgIpc) is 2.93. The van der Waals surface area contributed by atoms with Gasteiger partial charge in [-0.2, -0.15) is 12.6 Å². The molecular formula is C10H17N3OS2. The van der Waals surface area contributed by atoms with Crippen molar-refractivity contribution >= 4 is 24.4 Å². The van der Waals surface area contributed by atoms with E-state index in [0.29, 0.717) is 5.41 Å². The van der Waals surface area contributed by atoms with E-state index in [2.05, 4.69) is 22.8 Å². The van der Waals surface area contributed by atoms with Crippen LogP contribution in [0.1, 0.15) is 32.7 Å². The van der Waals surface area contributed by atoms with Crippen LogP contribution in [0.4, 0.5) is 0 Å². The highest BCUT2D eigenvalue weighted by molar-refractivity contribution is 7.99. The summed E-state index contributed by atoms with van der Waals surface area (Å²) in [7, 11) is 0. The zero-order valence-corrected chi connectivity index (χ0v) is 11.3. The van der Waals surface area contributed by atoms with Crippen molar-refractivity contribution in [2.45, 2.75) is 37.9 Å². The van der Waals surface area contributed by atoms with E-state index in [0.717, 1.165) is 16.7 Å². The standard InChI is InChI=1S/C10H17N3OS2/c1-7(2)13-8(14)11-12-9(13)16-6-10(5-15)3-4-10/h7,15H,3-6H2,1-2H3,(H,11,14). The summed E-state index contributed by atoms with van der Waals surface area (Å²) in [5, 5.41) is 7.38. The van der Waals surface area contributed by atoms with Gasteiger partial charge in [0.25, 0.3) is 0 Å². The van der Waals surface area contributed by atoms with Crippen LogP contribution in [0.15, 0.2) is 9.95 Å². The Bertz CT molecular complexity index is 420. The van der Waals surface area contributed by atoms with Crippen molar-refractivity contribution in [3.8, 4) is 0 Å². The molecule has 1 aliphatic carbocycles. The number of H-pyrrole nitrogens is 1. The Labute approximate surface area is 105 Å². The van der Waals surface area contributed by atoms with Crippen LogP contribution in [0.5, 0.6) is 0 Å². The van der Waals surface area contributed by atoms with Gasteiger partial charge in [-0.1, -0.05) is 11.8 Å². The fourth-order valence-corrected chi connectivity index (χ4v) is 3.54. The summed E-state index contributed by atoms with van der Waals surface area (Å²) in [5.41, 5.74) is 0.276. The normalized spacial score (nSPS) is 18.0. The number of nitrogens with zero attached hydrogens (tertiary/aromatic N) is 2. The smallest absolute Gasteiger partial charge is 0.268 e. The maximum absolute atomic E-state index is 11.5. The predicted molar refractivity (Wildman–Crippen MR) is 69.5 cm³/mol. The first-order valence-corrected chi connectivity index (χ1v) is 7.10. The van der Waals surface area contributed by atoms with Crippen molar-refractivity contribution < 1.29 is 0 Å². The summed E-state index contributed by atoms with van der Waals surface area (Å²) in [6.45, 7) is 3.99. The topological polar surface area (TPSA) is 50.7 Å². The molecule has 1 saturated carbocycles. The van der Waals surface area contributed by atoms with E-state index in [1.165, 1.54) is 12.8 Å². The van der Waals surface area contributed by atoms with Crippen LogP contribution in [-0.2, 0) is 0 Å². The molecule has 0 atom stereocenters. The number of thioether (sulfide) groups is 1. The second kappa shape index (κ2) is 4.49.